The van der Waals surface area contributed by atoms with Gasteiger partial charge in [0.2, 0.25) is 0 Å². The molecule has 2 amide bonds. The normalized spacial score (nSPS) is 14.0. The molecule has 0 spiro atoms. The summed E-state index contributed by atoms with van der Waals surface area (Å²) >= 11 is 5.50. The molecule has 2 aromatic rings. The van der Waals surface area contributed by atoms with Crippen LogP contribution < -0.4 is 5.32 Å². The van der Waals surface area contributed by atoms with Crippen LogP contribution in [0, 0.1) is 0 Å². The Kier molecular flexibility index (Phi) is 10.2. The largest absolute Gasteiger partial charge is 0.417 e. The fourth-order valence-electron chi connectivity index (χ4n) is 3.43. The quantitative estimate of drug-likeness (QED) is 0.243. The van der Waals surface area contributed by atoms with Gasteiger partial charge in [0, 0.05) is 23.2 Å². The second-order valence-electron chi connectivity index (χ2n) is 8.62. The highest BCUT2D eigenvalue weighted by molar-refractivity contribution is 6.30. The molecule has 42 heavy (non-hydrogen) atoms. The van der Waals surface area contributed by atoms with Crippen LogP contribution in [0.1, 0.15) is 38.5 Å². The van der Waals surface area contributed by atoms with Gasteiger partial charge in [0.1, 0.15) is 18.3 Å². The summed E-state index contributed by atoms with van der Waals surface area (Å²) in [6, 6.07) is 0.106. The highest BCUT2D eigenvalue weighted by Gasteiger charge is 2.42. The second-order valence-corrected chi connectivity index (χ2v) is 9.05. The first kappa shape index (κ1) is 34.7. The molecule has 1 N–H and O–H groups in total. The first-order valence-electron chi connectivity index (χ1n) is 11.0. The number of likely N-dealkylation sites (N-methyl/N-ethyl adjacent to an activating group) is 1. The maximum absolute atomic E-state index is 14.9. The molecule has 0 saturated heterocycles. The van der Waals surface area contributed by atoms with E-state index in [9.17, 15) is 66.7 Å². The standard InChI is InChI=1S/C24H16ClF13N2O2/c1-40(20(42)39-10-21(27,28)29)9-19(41)15-3-2-11(6-17(15)24(36,37)38)18(26)8-16(23(33,34)35)12-4-13(22(30,31)32)7-14(25)5-12/h2-8,16H,9-10H2,1H3,(H,39,42)/b18-8-. The summed E-state index contributed by atoms with van der Waals surface area (Å²) in [6.07, 6.45) is -21.1. The van der Waals surface area contributed by atoms with Crippen molar-refractivity contribution in [3.63, 3.8) is 0 Å². The molecule has 4 nitrogen and oxygen atoms in total. The third-order valence-electron chi connectivity index (χ3n) is 5.34. The van der Waals surface area contributed by atoms with E-state index in [1.807, 2.05) is 0 Å². The van der Waals surface area contributed by atoms with Crippen molar-refractivity contribution >= 4 is 29.2 Å². The number of benzene rings is 2. The molecular formula is C24H16ClF13N2O2. The van der Waals surface area contributed by atoms with Gasteiger partial charge in [-0.05, 0) is 35.9 Å². The fraction of sp³-hybridized carbons (Fsp3) is 0.333. The minimum Gasteiger partial charge on any atom is -0.329 e. The summed E-state index contributed by atoms with van der Waals surface area (Å²) < 4.78 is 173. The van der Waals surface area contributed by atoms with Crippen molar-refractivity contribution < 1.29 is 66.7 Å². The van der Waals surface area contributed by atoms with E-state index in [1.165, 1.54) is 5.32 Å². The summed E-state index contributed by atoms with van der Waals surface area (Å²) in [6.45, 7) is -3.00. The van der Waals surface area contributed by atoms with Crippen molar-refractivity contribution in [1.29, 1.82) is 0 Å². The van der Waals surface area contributed by atoms with Crippen molar-refractivity contribution in [1.82, 2.24) is 10.2 Å². The molecule has 0 aliphatic rings. The van der Waals surface area contributed by atoms with Gasteiger partial charge in [-0.2, -0.15) is 52.7 Å². The van der Waals surface area contributed by atoms with Gasteiger partial charge in [-0.25, -0.2) is 9.18 Å². The van der Waals surface area contributed by atoms with E-state index >= 15 is 0 Å². The molecule has 0 saturated carbocycles. The van der Waals surface area contributed by atoms with Gasteiger partial charge in [0.15, 0.2) is 5.78 Å². The fourth-order valence-corrected chi connectivity index (χ4v) is 3.68. The van der Waals surface area contributed by atoms with E-state index in [2.05, 4.69) is 0 Å². The minimum atomic E-state index is -5.44. The lowest BCUT2D eigenvalue weighted by molar-refractivity contribution is -0.142. The molecule has 1 unspecified atom stereocenters. The number of Topliss-reactive ketones (excluding diaryl/α,β-unsaturated/α-hetero) is 1. The average molecular weight is 647 g/mol. The molecule has 0 bridgehead atoms. The number of ketones is 1. The maximum atomic E-state index is 14.9. The summed E-state index contributed by atoms with van der Waals surface area (Å²) in [5.74, 6) is -6.54. The van der Waals surface area contributed by atoms with E-state index < -0.39 is 94.2 Å². The highest BCUT2D eigenvalue weighted by Crippen LogP contribution is 2.42. The number of nitrogens with zero attached hydrogens (tertiary/aromatic N) is 1. The molecule has 0 aliphatic heterocycles. The Bertz CT molecular complexity index is 1350. The molecular weight excluding hydrogens is 631 g/mol. The minimum absolute atomic E-state index is 0.0398. The number of halogens is 14. The smallest absolute Gasteiger partial charge is 0.329 e. The second kappa shape index (κ2) is 12.4. The molecule has 2 rings (SSSR count). The number of amides is 2. The van der Waals surface area contributed by atoms with Crippen LogP contribution in [0.25, 0.3) is 5.83 Å². The first-order valence-corrected chi connectivity index (χ1v) is 11.4. The summed E-state index contributed by atoms with van der Waals surface area (Å²) in [5, 5.41) is 0.585. The van der Waals surface area contributed by atoms with Gasteiger partial charge >= 0.3 is 30.7 Å². The van der Waals surface area contributed by atoms with E-state index in [1.54, 1.807) is 0 Å². The van der Waals surface area contributed by atoms with E-state index in [0.717, 1.165) is 7.05 Å². The van der Waals surface area contributed by atoms with Crippen molar-refractivity contribution in [3.05, 3.63) is 75.3 Å². The molecule has 0 fully saturated rings. The molecule has 0 radical (unpaired) electrons. The molecule has 0 heterocycles. The highest BCUT2D eigenvalue weighted by atomic mass is 35.5. The Labute approximate surface area is 232 Å². The number of urea groups is 1. The van der Waals surface area contributed by atoms with Gasteiger partial charge in [-0.1, -0.05) is 23.7 Å². The van der Waals surface area contributed by atoms with Crippen molar-refractivity contribution in [3.8, 4) is 0 Å². The number of allylic oxidation sites excluding steroid dienone is 1. The van der Waals surface area contributed by atoms with Crippen LogP contribution in [0.5, 0.6) is 0 Å². The van der Waals surface area contributed by atoms with Gasteiger partial charge < -0.3 is 10.2 Å². The Hall–Kier alpha value is -3.50. The zero-order valence-electron chi connectivity index (χ0n) is 20.6. The van der Waals surface area contributed by atoms with E-state index in [0.29, 0.717) is 29.2 Å². The first-order chi connectivity index (χ1) is 18.9. The van der Waals surface area contributed by atoms with Crippen molar-refractivity contribution in [2.75, 3.05) is 20.1 Å². The van der Waals surface area contributed by atoms with Crippen LogP contribution in [-0.4, -0.2) is 49.2 Å². The third-order valence-corrected chi connectivity index (χ3v) is 5.56. The molecule has 18 heteroatoms. The molecule has 1 atom stereocenters. The van der Waals surface area contributed by atoms with Crippen LogP contribution in [0.2, 0.25) is 5.02 Å². The molecule has 0 aliphatic carbocycles. The van der Waals surface area contributed by atoms with Crippen LogP contribution in [-0.2, 0) is 12.4 Å². The average Bonchev–Trinajstić information content (AvgIpc) is 2.82. The summed E-state index contributed by atoms with van der Waals surface area (Å²) in [4.78, 5) is 24.5. The number of alkyl halides is 12. The number of nitrogens with one attached hydrogen (secondary N) is 1. The van der Waals surface area contributed by atoms with E-state index in [-0.39, 0.29) is 18.2 Å². The molecule has 232 valence electrons. The molecule has 0 aromatic heterocycles. The molecule has 2 aromatic carbocycles. The lowest BCUT2D eigenvalue weighted by atomic mass is 9.93. The van der Waals surface area contributed by atoms with Crippen molar-refractivity contribution in [2.45, 2.75) is 30.6 Å². The van der Waals surface area contributed by atoms with Crippen molar-refractivity contribution in [2.24, 2.45) is 0 Å². The van der Waals surface area contributed by atoms with E-state index in [4.69, 9.17) is 11.6 Å². The Morgan fingerprint density at radius 1 is 0.905 bits per heavy atom. The van der Waals surface area contributed by atoms with Crippen LogP contribution in [0.3, 0.4) is 0 Å². The van der Waals surface area contributed by atoms with Gasteiger partial charge in [0.25, 0.3) is 0 Å². The zero-order valence-corrected chi connectivity index (χ0v) is 21.3. The Morgan fingerprint density at radius 2 is 1.50 bits per heavy atom. The van der Waals surface area contributed by atoms with Crippen LogP contribution >= 0.6 is 11.6 Å². The summed E-state index contributed by atoms with van der Waals surface area (Å²) in [7, 11) is 0.783. The number of hydrogen-bond acceptors (Lipinski definition) is 2. The predicted octanol–water partition coefficient (Wildman–Crippen LogP) is 8.42. The maximum Gasteiger partial charge on any atom is 0.417 e. The predicted molar refractivity (Wildman–Crippen MR) is 122 cm³/mol. The number of carbonyl (C=O) groups excluding carboxylic acids is 2. The van der Waals surface area contributed by atoms with Gasteiger partial charge in [-0.15, -0.1) is 0 Å². The number of carbonyl (C=O) groups is 2. The number of hydrogen-bond donors (Lipinski definition) is 1. The van der Waals surface area contributed by atoms with Crippen LogP contribution in [0.15, 0.2) is 42.5 Å². The Balaban J connectivity index is 2.49. The zero-order chi connectivity index (χ0) is 32.4. The topological polar surface area (TPSA) is 49.4 Å². The summed E-state index contributed by atoms with van der Waals surface area (Å²) in [5.41, 5.74) is -7.00. The van der Waals surface area contributed by atoms with Gasteiger partial charge in [0.05, 0.1) is 17.7 Å². The lowest BCUT2D eigenvalue weighted by Crippen LogP contribution is -2.43. The van der Waals surface area contributed by atoms with Crippen LogP contribution in [0.4, 0.5) is 61.9 Å². The SMILES string of the molecule is CN(CC(=O)c1ccc(/C(F)=C/C(c2cc(Cl)cc(C(F)(F)F)c2)C(F)(F)F)cc1C(F)(F)F)C(=O)NCC(F)(F)F. The third kappa shape index (κ3) is 9.52. The van der Waals surface area contributed by atoms with Gasteiger partial charge in [-0.3, -0.25) is 4.79 Å². The Morgan fingerprint density at radius 3 is 2.00 bits per heavy atom. The lowest BCUT2D eigenvalue weighted by Gasteiger charge is -2.20. The number of rotatable bonds is 7. The monoisotopic (exact) mass is 646 g/mol.